The lowest BCUT2D eigenvalue weighted by atomic mass is 10.2. The van der Waals surface area contributed by atoms with Crippen LogP contribution in [0.25, 0.3) is 6.08 Å². The summed E-state index contributed by atoms with van der Waals surface area (Å²) in [5.74, 6) is 0. The van der Waals surface area contributed by atoms with Crippen LogP contribution in [0.2, 0.25) is 0 Å². The smallest absolute Gasteiger partial charge is 0.428 e. The van der Waals surface area contributed by atoms with Crippen molar-refractivity contribution in [2.45, 2.75) is 26.4 Å². The maximum Gasteiger partial charge on any atom is 0.428 e. The van der Waals surface area contributed by atoms with Gasteiger partial charge in [-0.1, -0.05) is 18.2 Å². The van der Waals surface area contributed by atoms with Crippen molar-refractivity contribution in [3.8, 4) is 0 Å². The van der Waals surface area contributed by atoms with Crippen molar-refractivity contribution in [2.75, 3.05) is 0 Å². The monoisotopic (exact) mass is 291 g/mol. The molecule has 1 aromatic carbocycles. The number of hydrogen-bond donors (Lipinski definition) is 1. The van der Waals surface area contributed by atoms with Crippen LogP contribution in [-0.4, -0.2) is 22.8 Å². The molecule has 1 N–H and O–H groups in total. The van der Waals surface area contributed by atoms with Gasteiger partial charge in [0.1, 0.15) is 5.60 Å². The summed E-state index contributed by atoms with van der Waals surface area (Å²) in [4.78, 5) is 21.4. The minimum Gasteiger partial charge on any atom is -0.443 e. The first kappa shape index (κ1) is 16.4. The Morgan fingerprint density at radius 1 is 1.43 bits per heavy atom. The van der Waals surface area contributed by atoms with Crippen molar-refractivity contribution in [3.63, 3.8) is 0 Å². The van der Waals surface area contributed by atoms with Crippen molar-refractivity contribution < 1.29 is 14.5 Å². The fourth-order valence-corrected chi connectivity index (χ4v) is 1.33. The summed E-state index contributed by atoms with van der Waals surface area (Å²) in [6.45, 7) is 5.25. The number of carbonyl (C=O) groups excluding carboxylic acids is 1. The van der Waals surface area contributed by atoms with E-state index in [0.717, 1.165) is 0 Å². The van der Waals surface area contributed by atoms with Crippen LogP contribution in [0.4, 0.5) is 10.5 Å². The van der Waals surface area contributed by atoms with Gasteiger partial charge in [0, 0.05) is 18.3 Å². The molecule has 21 heavy (non-hydrogen) atoms. The van der Waals surface area contributed by atoms with E-state index in [2.05, 4.69) is 10.5 Å². The quantitative estimate of drug-likeness (QED) is 0.524. The molecular weight excluding hydrogens is 274 g/mol. The van der Waals surface area contributed by atoms with E-state index in [1.54, 1.807) is 45.1 Å². The number of hydrogen-bond acceptors (Lipinski definition) is 5. The van der Waals surface area contributed by atoms with E-state index in [0.29, 0.717) is 5.56 Å². The number of carbonyl (C=O) groups is 1. The number of nitrogens with zero attached hydrogens (tertiary/aromatic N) is 2. The topological polar surface area (TPSA) is 93.8 Å². The summed E-state index contributed by atoms with van der Waals surface area (Å²) >= 11 is 0. The first-order valence-electron chi connectivity index (χ1n) is 6.21. The number of nitro groups is 1. The third-order valence-corrected chi connectivity index (χ3v) is 2.09. The second-order valence-corrected chi connectivity index (χ2v) is 5.10. The normalized spacial score (nSPS) is 11.8. The van der Waals surface area contributed by atoms with Gasteiger partial charge in [0.25, 0.3) is 5.69 Å². The van der Waals surface area contributed by atoms with Crippen LogP contribution >= 0.6 is 0 Å². The van der Waals surface area contributed by atoms with Crippen LogP contribution in [0, 0.1) is 10.1 Å². The Morgan fingerprint density at radius 2 is 2.14 bits per heavy atom. The van der Waals surface area contributed by atoms with E-state index in [1.807, 2.05) is 0 Å². The molecule has 0 aliphatic rings. The second kappa shape index (κ2) is 7.18. The average Bonchev–Trinajstić information content (AvgIpc) is 2.36. The van der Waals surface area contributed by atoms with E-state index in [9.17, 15) is 14.9 Å². The Morgan fingerprint density at radius 3 is 2.76 bits per heavy atom. The van der Waals surface area contributed by atoms with E-state index < -0.39 is 16.6 Å². The molecular formula is C14H17N3O4. The Hall–Kier alpha value is -2.70. The number of amides is 1. The first-order chi connectivity index (χ1) is 9.78. The van der Waals surface area contributed by atoms with Crippen LogP contribution in [0.5, 0.6) is 0 Å². The summed E-state index contributed by atoms with van der Waals surface area (Å²) in [5, 5.41) is 14.3. The Bertz CT molecular complexity index is 574. The third-order valence-electron chi connectivity index (χ3n) is 2.09. The molecule has 0 radical (unpaired) electrons. The number of nitro benzene ring substituents is 1. The van der Waals surface area contributed by atoms with E-state index in [4.69, 9.17) is 4.74 Å². The predicted molar refractivity (Wildman–Crippen MR) is 80.0 cm³/mol. The second-order valence-electron chi connectivity index (χ2n) is 5.10. The van der Waals surface area contributed by atoms with Gasteiger partial charge in [-0.3, -0.25) is 10.1 Å². The highest BCUT2D eigenvalue weighted by atomic mass is 16.6. The molecule has 1 rings (SSSR count). The predicted octanol–water partition coefficient (Wildman–Crippen LogP) is 3.12. The maximum absolute atomic E-state index is 11.3. The van der Waals surface area contributed by atoms with E-state index >= 15 is 0 Å². The standard InChI is InChI=1S/C14H17N3O4/c1-14(2,3)21-13(18)16-15-9-5-7-11-6-4-8-12(10-11)17(19)20/h4-10H,1-3H3,(H,16,18)/b7-5+,15-9-. The maximum atomic E-state index is 11.3. The lowest BCUT2D eigenvalue weighted by Crippen LogP contribution is -2.29. The molecule has 1 aromatic rings. The lowest BCUT2D eigenvalue weighted by Gasteiger charge is -2.18. The van der Waals surface area contributed by atoms with Crippen molar-refractivity contribution in [3.05, 3.63) is 46.0 Å². The SMILES string of the molecule is CC(C)(C)OC(=O)N/N=C\C=C\c1cccc([N+](=O)[O-])c1. The number of nitrogens with one attached hydrogen (secondary N) is 1. The van der Waals surface area contributed by atoms with Crippen LogP contribution in [0.15, 0.2) is 35.4 Å². The van der Waals surface area contributed by atoms with Crippen molar-refractivity contribution >= 4 is 24.1 Å². The number of benzene rings is 1. The summed E-state index contributed by atoms with van der Waals surface area (Å²) in [6.07, 6.45) is 3.88. The Kier molecular flexibility index (Phi) is 5.59. The summed E-state index contributed by atoms with van der Waals surface area (Å²) < 4.78 is 4.98. The van der Waals surface area contributed by atoms with Gasteiger partial charge in [-0.15, -0.1) is 0 Å². The molecule has 7 nitrogen and oxygen atoms in total. The molecule has 0 unspecified atom stereocenters. The van der Waals surface area contributed by atoms with Gasteiger partial charge >= 0.3 is 6.09 Å². The fourth-order valence-electron chi connectivity index (χ4n) is 1.33. The van der Waals surface area contributed by atoms with Crippen molar-refractivity contribution in [2.24, 2.45) is 5.10 Å². The summed E-state index contributed by atoms with van der Waals surface area (Å²) in [7, 11) is 0. The number of rotatable bonds is 4. The number of allylic oxidation sites excluding steroid dienone is 1. The van der Waals surface area contributed by atoms with Gasteiger partial charge in [-0.05, 0) is 32.4 Å². The summed E-state index contributed by atoms with van der Waals surface area (Å²) in [6, 6.07) is 6.16. The minimum atomic E-state index is -0.650. The molecule has 0 atom stereocenters. The minimum absolute atomic E-state index is 0.0148. The van der Waals surface area contributed by atoms with Gasteiger partial charge in [0.2, 0.25) is 0 Å². The number of ether oxygens (including phenoxy) is 1. The van der Waals surface area contributed by atoms with Gasteiger partial charge in [0.05, 0.1) is 4.92 Å². The zero-order chi connectivity index (χ0) is 15.9. The number of hydrazone groups is 1. The first-order valence-corrected chi connectivity index (χ1v) is 6.21. The van der Waals surface area contributed by atoms with E-state index in [-0.39, 0.29) is 5.69 Å². The molecule has 0 spiro atoms. The van der Waals surface area contributed by atoms with Crippen LogP contribution < -0.4 is 5.43 Å². The molecule has 0 fully saturated rings. The third kappa shape index (κ3) is 6.86. The molecule has 7 heteroatoms. The van der Waals surface area contributed by atoms with Crippen LogP contribution in [-0.2, 0) is 4.74 Å². The Labute approximate surface area is 122 Å². The fraction of sp³-hybridized carbons (Fsp3) is 0.286. The van der Waals surface area contributed by atoms with Crippen LogP contribution in [0.1, 0.15) is 26.3 Å². The molecule has 0 bridgehead atoms. The molecule has 1 amide bonds. The van der Waals surface area contributed by atoms with Gasteiger partial charge in [-0.2, -0.15) is 5.10 Å². The molecule has 112 valence electrons. The van der Waals surface area contributed by atoms with Gasteiger partial charge in [-0.25, -0.2) is 10.2 Å². The molecule has 0 aliphatic carbocycles. The largest absolute Gasteiger partial charge is 0.443 e. The molecule has 0 aromatic heterocycles. The van der Waals surface area contributed by atoms with Crippen molar-refractivity contribution in [1.82, 2.24) is 5.43 Å². The highest BCUT2D eigenvalue weighted by Crippen LogP contribution is 2.13. The highest BCUT2D eigenvalue weighted by molar-refractivity contribution is 5.79. The zero-order valence-electron chi connectivity index (χ0n) is 12.1. The molecule has 0 aliphatic heterocycles. The zero-order valence-corrected chi connectivity index (χ0v) is 12.1. The van der Waals surface area contributed by atoms with E-state index in [1.165, 1.54) is 18.3 Å². The van der Waals surface area contributed by atoms with Crippen molar-refractivity contribution in [1.29, 1.82) is 0 Å². The van der Waals surface area contributed by atoms with Gasteiger partial charge < -0.3 is 4.74 Å². The molecule has 0 saturated heterocycles. The molecule has 0 saturated carbocycles. The average molecular weight is 291 g/mol. The highest BCUT2D eigenvalue weighted by Gasteiger charge is 2.15. The van der Waals surface area contributed by atoms with Crippen LogP contribution in [0.3, 0.4) is 0 Å². The Balaban J connectivity index is 2.51. The molecule has 0 heterocycles. The lowest BCUT2D eigenvalue weighted by molar-refractivity contribution is -0.384. The number of non-ortho nitro benzene ring substituents is 1. The summed E-state index contributed by atoms with van der Waals surface area (Å²) in [5.41, 5.74) is 2.29. The van der Waals surface area contributed by atoms with Gasteiger partial charge in [0.15, 0.2) is 0 Å².